The number of benzene rings is 2. The third kappa shape index (κ3) is 8.86. The maximum Gasteiger partial charge on any atom is 0.224 e. The molecule has 0 aromatic heterocycles. The van der Waals surface area contributed by atoms with Gasteiger partial charge < -0.3 is 30.1 Å². The number of ether oxygens (including phenoxy) is 2. The average molecular weight is 552 g/mol. The van der Waals surface area contributed by atoms with Crippen LogP contribution in [0.4, 0.5) is 5.69 Å². The van der Waals surface area contributed by atoms with Gasteiger partial charge in [-0.3, -0.25) is 9.59 Å². The van der Waals surface area contributed by atoms with Crippen LogP contribution in [0.5, 0.6) is 0 Å². The van der Waals surface area contributed by atoms with Crippen molar-refractivity contribution >= 4 is 17.5 Å². The van der Waals surface area contributed by atoms with Gasteiger partial charge in [-0.05, 0) is 62.0 Å². The molecule has 2 saturated heterocycles. The minimum atomic E-state index is -0.512. The fraction of sp³-hybridized carbons (Fsp3) is 0.562. The number of nitrogens with one attached hydrogen (secondary N) is 2. The van der Waals surface area contributed by atoms with E-state index in [1.165, 1.54) is 26.2 Å². The molecule has 8 nitrogen and oxygen atoms in total. The van der Waals surface area contributed by atoms with Crippen molar-refractivity contribution in [3.8, 4) is 0 Å². The maximum atomic E-state index is 12.4. The van der Waals surface area contributed by atoms with E-state index in [1.807, 2.05) is 48.5 Å². The van der Waals surface area contributed by atoms with Gasteiger partial charge in [0.15, 0.2) is 6.29 Å². The second-order valence-corrected chi connectivity index (χ2v) is 11.1. The first kappa shape index (κ1) is 30.2. The molecule has 2 heterocycles. The predicted octanol–water partition coefficient (Wildman–Crippen LogP) is 5.09. The van der Waals surface area contributed by atoms with Gasteiger partial charge in [-0.1, -0.05) is 56.2 Å². The molecule has 0 saturated carbocycles. The number of likely N-dealkylation sites (tertiary alicyclic amines) is 1. The van der Waals surface area contributed by atoms with E-state index in [-0.39, 0.29) is 36.5 Å². The number of carbonyl (C=O) groups is 2. The Morgan fingerprint density at radius 3 is 2.30 bits per heavy atom. The average Bonchev–Trinajstić information content (AvgIpc) is 2.97. The number of anilines is 1. The Labute approximate surface area is 238 Å². The van der Waals surface area contributed by atoms with Gasteiger partial charge in [0.2, 0.25) is 11.8 Å². The summed E-state index contributed by atoms with van der Waals surface area (Å²) in [4.78, 5) is 25.8. The van der Waals surface area contributed by atoms with Crippen LogP contribution < -0.4 is 10.6 Å². The van der Waals surface area contributed by atoms with E-state index < -0.39 is 6.29 Å². The zero-order valence-corrected chi connectivity index (χ0v) is 23.9. The van der Waals surface area contributed by atoms with E-state index in [9.17, 15) is 14.7 Å². The molecular weight excluding hydrogens is 506 g/mol. The van der Waals surface area contributed by atoms with Crippen LogP contribution in [0.25, 0.3) is 0 Å². The highest BCUT2D eigenvalue weighted by Crippen LogP contribution is 2.42. The minimum absolute atomic E-state index is 0.0146. The lowest BCUT2D eigenvalue weighted by Gasteiger charge is -2.43. The van der Waals surface area contributed by atoms with E-state index in [4.69, 9.17) is 9.47 Å². The zero-order valence-electron chi connectivity index (χ0n) is 23.9. The third-order valence-electron chi connectivity index (χ3n) is 7.93. The van der Waals surface area contributed by atoms with Crippen molar-refractivity contribution in [2.75, 3.05) is 31.5 Å². The van der Waals surface area contributed by atoms with Gasteiger partial charge in [0.05, 0.1) is 18.8 Å². The number of rotatable bonds is 12. The van der Waals surface area contributed by atoms with E-state index in [1.54, 1.807) is 0 Å². The largest absolute Gasteiger partial charge is 0.392 e. The van der Waals surface area contributed by atoms with Crippen molar-refractivity contribution in [2.45, 2.75) is 83.9 Å². The highest BCUT2D eigenvalue weighted by atomic mass is 16.7. The quantitative estimate of drug-likeness (QED) is 0.318. The van der Waals surface area contributed by atoms with Crippen molar-refractivity contribution in [3.63, 3.8) is 0 Å². The van der Waals surface area contributed by atoms with Gasteiger partial charge in [0, 0.05) is 43.6 Å². The van der Waals surface area contributed by atoms with Gasteiger partial charge in [0.25, 0.3) is 0 Å². The smallest absolute Gasteiger partial charge is 0.224 e. The van der Waals surface area contributed by atoms with E-state index in [0.717, 1.165) is 61.3 Å². The number of hydrogen-bond donors (Lipinski definition) is 3. The highest BCUT2D eigenvalue weighted by Gasteiger charge is 2.39. The Kier molecular flexibility index (Phi) is 11.5. The minimum Gasteiger partial charge on any atom is -0.392 e. The summed E-state index contributed by atoms with van der Waals surface area (Å²) >= 11 is 0. The van der Waals surface area contributed by atoms with Crippen LogP contribution in [0, 0.1) is 5.92 Å². The normalized spacial score (nSPS) is 23.5. The van der Waals surface area contributed by atoms with Crippen LogP contribution >= 0.6 is 0 Å². The zero-order chi connectivity index (χ0) is 28.3. The van der Waals surface area contributed by atoms with E-state index in [2.05, 4.69) is 22.5 Å². The second-order valence-electron chi connectivity index (χ2n) is 11.1. The SMILES string of the molecule is CC(=O)NCCCCCC(=O)Nc1ccc([C@H]2O[C@@H](CN3CCCCC3)[C@@H](C)[C@@H](c3ccc(CO)cc3)O2)cc1. The lowest BCUT2D eigenvalue weighted by atomic mass is 9.89. The highest BCUT2D eigenvalue weighted by molar-refractivity contribution is 5.90. The molecule has 2 fully saturated rings. The molecule has 0 spiro atoms. The summed E-state index contributed by atoms with van der Waals surface area (Å²) < 4.78 is 13.2. The first-order chi connectivity index (χ1) is 19.4. The van der Waals surface area contributed by atoms with Crippen molar-refractivity contribution in [2.24, 2.45) is 5.92 Å². The summed E-state index contributed by atoms with van der Waals surface area (Å²) in [6.07, 6.45) is 6.13. The van der Waals surface area contributed by atoms with E-state index in [0.29, 0.717) is 13.0 Å². The summed E-state index contributed by atoms with van der Waals surface area (Å²) in [5.74, 6) is 0.124. The molecule has 0 aliphatic carbocycles. The van der Waals surface area contributed by atoms with Crippen LogP contribution in [-0.2, 0) is 25.7 Å². The van der Waals surface area contributed by atoms with E-state index >= 15 is 0 Å². The third-order valence-corrected chi connectivity index (χ3v) is 7.93. The molecular formula is C32H45N3O5. The summed E-state index contributed by atoms with van der Waals surface area (Å²) in [7, 11) is 0. The lowest BCUT2D eigenvalue weighted by molar-refractivity contribution is -0.276. The van der Waals surface area contributed by atoms with Gasteiger partial charge in [-0.25, -0.2) is 0 Å². The molecule has 218 valence electrons. The molecule has 3 N–H and O–H groups in total. The molecule has 2 aliphatic heterocycles. The number of nitrogens with zero attached hydrogens (tertiary/aromatic N) is 1. The molecule has 4 rings (SSSR count). The number of amides is 2. The standard InChI is InChI=1S/C32H45N3O5/c1-23-29(21-35-19-7-4-8-20-35)39-32(40-31(23)26-12-10-25(22-36)11-13-26)27-14-16-28(17-15-27)34-30(38)9-5-3-6-18-33-24(2)37/h10-17,23,29,31-32,36H,3-9,18-22H2,1-2H3,(H,33,37)(H,34,38)/t23-,29+,31+,32+/m1/s1. The van der Waals surface area contributed by atoms with Gasteiger partial charge in [-0.2, -0.15) is 0 Å². The molecule has 0 radical (unpaired) electrons. The molecule has 40 heavy (non-hydrogen) atoms. The summed E-state index contributed by atoms with van der Waals surface area (Å²) in [6.45, 7) is 7.48. The molecule has 0 unspecified atom stereocenters. The number of piperidine rings is 1. The van der Waals surface area contributed by atoms with Crippen LogP contribution in [0.1, 0.15) is 87.9 Å². The number of unbranched alkanes of at least 4 members (excludes halogenated alkanes) is 2. The Morgan fingerprint density at radius 1 is 0.925 bits per heavy atom. The van der Waals surface area contributed by atoms with Crippen molar-refractivity contribution in [1.29, 1.82) is 0 Å². The van der Waals surface area contributed by atoms with Crippen molar-refractivity contribution in [1.82, 2.24) is 10.2 Å². The van der Waals surface area contributed by atoms with Gasteiger partial charge in [0.1, 0.15) is 0 Å². The number of hydrogen-bond acceptors (Lipinski definition) is 6. The van der Waals surface area contributed by atoms with Crippen molar-refractivity contribution in [3.05, 3.63) is 65.2 Å². The Balaban J connectivity index is 1.38. The topological polar surface area (TPSA) is 100 Å². The maximum absolute atomic E-state index is 12.4. The number of aliphatic hydroxyl groups excluding tert-OH is 1. The van der Waals surface area contributed by atoms with Crippen LogP contribution in [0.3, 0.4) is 0 Å². The summed E-state index contributed by atoms with van der Waals surface area (Å²) in [6, 6.07) is 15.7. The van der Waals surface area contributed by atoms with Gasteiger partial charge in [-0.15, -0.1) is 0 Å². The fourth-order valence-corrected chi connectivity index (χ4v) is 5.52. The molecule has 4 atom stereocenters. The Hall–Kier alpha value is -2.78. The number of carbonyl (C=O) groups excluding carboxylic acids is 2. The van der Waals surface area contributed by atoms with Crippen LogP contribution in [0.2, 0.25) is 0 Å². The summed E-state index contributed by atoms with van der Waals surface area (Å²) in [5, 5.41) is 15.2. The van der Waals surface area contributed by atoms with Gasteiger partial charge >= 0.3 is 0 Å². The number of aliphatic hydroxyl groups is 1. The predicted molar refractivity (Wildman–Crippen MR) is 155 cm³/mol. The molecule has 2 aromatic carbocycles. The molecule has 0 bridgehead atoms. The van der Waals surface area contributed by atoms with Crippen LogP contribution in [-0.4, -0.2) is 54.1 Å². The first-order valence-corrected chi connectivity index (χ1v) is 14.8. The molecule has 2 aromatic rings. The molecule has 8 heteroatoms. The lowest BCUT2D eigenvalue weighted by Crippen LogP contribution is -2.45. The Morgan fingerprint density at radius 2 is 1.62 bits per heavy atom. The molecule has 2 aliphatic rings. The van der Waals surface area contributed by atoms with Crippen molar-refractivity contribution < 1.29 is 24.2 Å². The molecule has 2 amide bonds. The second kappa shape index (κ2) is 15.3. The van der Waals surface area contributed by atoms with Crippen LogP contribution in [0.15, 0.2) is 48.5 Å². The summed E-state index contributed by atoms with van der Waals surface area (Å²) in [5.41, 5.74) is 3.63. The first-order valence-electron chi connectivity index (χ1n) is 14.8. The fourth-order valence-electron chi connectivity index (χ4n) is 5.52. The Bertz CT molecular complexity index is 1070. The monoisotopic (exact) mass is 551 g/mol.